The molecule has 2 bridgehead atoms. The lowest BCUT2D eigenvalue weighted by molar-refractivity contribution is -0.327. The van der Waals surface area contributed by atoms with Crippen molar-refractivity contribution in [3.8, 4) is 0 Å². The van der Waals surface area contributed by atoms with E-state index < -0.39 is 67.6 Å². The maximum Gasteiger partial charge on any atom is 0.337 e. The topological polar surface area (TPSA) is 181 Å². The van der Waals surface area contributed by atoms with Crippen LogP contribution in [0.1, 0.15) is 33.6 Å². The molecular formula is C26H38O12. The second-order valence-electron chi connectivity index (χ2n) is 10.7. The number of carbonyl (C=O) groups excluding carboxylic acids is 2. The largest absolute Gasteiger partial charge is 0.468 e. The molecule has 3 heterocycles. The standard InChI is InChI=1S/C26H38O12/c1-4-14-16-6-19(28)34-9-13-5-15(20(29)12(13)3)11(2)8-35-24(33)17(16)10-36-25(14)38-26-23(32)22(31)21(30)18(7-27)37-26/h4,10-13,15-16,18,20-23,25-27,29-32H,5-9H2,1-3H3. The van der Waals surface area contributed by atoms with Crippen LogP contribution in [0, 0.1) is 29.6 Å². The van der Waals surface area contributed by atoms with Gasteiger partial charge in [-0.3, -0.25) is 4.79 Å². The number of carbonyl (C=O) groups is 2. The van der Waals surface area contributed by atoms with Crippen molar-refractivity contribution in [2.75, 3.05) is 19.8 Å². The highest BCUT2D eigenvalue weighted by Gasteiger charge is 2.48. The predicted octanol–water partition coefficient (Wildman–Crippen LogP) is -0.635. The van der Waals surface area contributed by atoms with Crippen LogP contribution in [-0.2, 0) is 33.3 Å². The zero-order valence-corrected chi connectivity index (χ0v) is 21.7. The van der Waals surface area contributed by atoms with Gasteiger partial charge in [-0.25, -0.2) is 4.79 Å². The number of allylic oxidation sites excluding steroid dienone is 1. The van der Waals surface area contributed by atoms with Gasteiger partial charge in [0.15, 0.2) is 6.29 Å². The Labute approximate surface area is 220 Å². The molecule has 0 spiro atoms. The highest BCUT2D eigenvalue weighted by Crippen LogP contribution is 2.42. The van der Waals surface area contributed by atoms with Gasteiger partial charge in [0.1, 0.15) is 24.4 Å². The Morgan fingerprint density at radius 3 is 2.45 bits per heavy atom. The first kappa shape index (κ1) is 28.9. The minimum atomic E-state index is -1.66. The molecule has 2 saturated heterocycles. The van der Waals surface area contributed by atoms with Gasteiger partial charge in [0.05, 0.1) is 44.2 Å². The second kappa shape index (κ2) is 12.0. The summed E-state index contributed by atoms with van der Waals surface area (Å²) >= 11 is 0. The SMILES string of the molecule is CC=C1C(OC2OC(CO)C(O)C(O)C2O)OC=C2C(=O)OCC(C)C3CC(COC(=O)CC21)C(C)C3O. The summed E-state index contributed by atoms with van der Waals surface area (Å²) in [5.74, 6) is -2.39. The molecule has 214 valence electrons. The van der Waals surface area contributed by atoms with Crippen molar-refractivity contribution >= 4 is 11.9 Å². The van der Waals surface area contributed by atoms with Gasteiger partial charge in [-0.05, 0) is 37.0 Å². The van der Waals surface area contributed by atoms with E-state index in [-0.39, 0.29) is 48.9 Å². The average molecular weight is 543 g/mol. The second-order valence-corrected chi connectivity index (χ2v) is 10.7. The third-order valence-electron chi connectivity index (χ3n) is 8.38. The highest BCUT2D eigenvalue weighted by atomic mass is 16.8. The van der Waals surface area contributed by atoms with E-state index in [0.29, 0.717) is 12.0 Å². The molecule has 1 saturated carbocycles. The summed E-state index contributed by atoms with van der Waals surface area (Å²) in [6.07, 6.45) is -6.19. The molecule has 12 unspecified atom stereocenters. The quantitative estimate of drug-likeness (QED) is 0.225. The van der Waals surface area contributed by atoms with E-state index in [4.69, 9.17) is 23.7 Å². The molecule has 3 fully saturated rings. The van der Waals surface area contributed by atoms with Crippen molar-refractivity contribution in [2.45, 2.75) is 76.7 Å². The van der Waals surface area contributed by atoms with Gasteiger partial charge in [-0.1, -0.05) is 19.9 Å². The molecule has 0 radical (unpaired) electrons. The van der Waals surface area contributed by atoms with E-state index in [9.17, 15) is 35.1 Å². The third kappa shape index (κ3) is 5.62. The molecule has 38 heavy (non-hydrogen) atoms. The number of hydrogen-bond acceptors (Lipinski definition) is 12. The number of cyclic esters (lactones) is 2. The Balaban J connectivity index is 1.56. The molecule has 0 aromatic heterocycles. The molecule has 3 aliphatic heterocycles. The normalized spacial score (nSPS) is 45.5. The Morgan fingerprint density at radius 2 is 1.76 bits per heavy atom. The molecule has 12 nitrogen and oxygen atoms in total. The molecule has 12 heteroatoms. The summed E-state index contributed by atoms with van der Waals surface area (Å²) in [5, 5.41) is 50.7. The Bertz CT molecular complexity index is 931. The van der Waals surface area contributed by atoms with E-state index in [1.54, 1.807) is 13.0 Å². The molecule has 5 N–H and O–H groups in total. The van der Waals surface area contributed by atoms with Crippen molar-refractivity contribution in [1.82, 2.24) is 0 Å². The Kier molecular flexibility index (Phi) is 9.13. The number of fused-ring (bicyclic) bond motifs is 3. The molecule has 12 atom stereocenters. The van der Waals surface area contributed by atoms with Crippen molar-refractivity contribution in [3.63, 3.8) is 0 Å². The first-order chi connectivity index (χ1) is 18.1. The summed E-state index contributed by atoms with van der Waals surface area (Å²) in [6, 6.07) is 0. The fourth-order valence-electron chi connectivity index (χ4n) is 5.81. The minimum Gasteiger partial charge on any atom is -0.468 e. The Morgan fingerprint density at radius 1 is 1.03 bits per heavy atom. The summed E-state index contributed by atoms with van der Waals surface area (Å²) in [4.78, 5) is 26.0. The lowest BCUT2D eigenvalue weighted by Crippen LogP contribution is -2.60. The molecule has 1 aliphatic carbocycles. The van der Waals surface area contributed by atoms with Gasteiger partial charge < -0.3 is 49.2 Å². The number of aliphatic hydroxyl groups is 5. The van der Waals surface area contributed by atoms with Crippen LogP contribution < -0.4 is 0 Å². The third-order valence-corrected chi connectivity index (χ3v) is 8.38. The van der Waals surface area contributed by atoms with Crippen molar-refractivity contribution in [2.24, 2.45) is 29.6 Å². The van der Waals surface area contributed by atoms with Crippen LogP contribution in [-0.4, -0.2) is 100 Å². The van der Waals surface area contributed by atoms with Gasteiger partial charge in [0, 0.05) is 11.5 Å². The fraction of sp³-hybridized carbons (Fsp3) is 0.769. The monoisotopic (exact) mass is 542 g/mol. The zero-order valence-electron chi connectivity index (χ0n) is 21.7. The number of esters is 2. The lowest BCUT2D eigenvalue weighted by Gasteiger charge is -2.42. The van der Waals surface area contributed by atoms with Gasteiger partial charge in [0.25, 0.3) is 0 Å². The van der Waals surface area contributed by atoms with Crippen LogP contribution in [0.3, 0.4) is 0 Å². The maximum atomic E-state index is 13.1. The Hall–Kier alpha value is -2.06. The molecule has 0 amide bonds. The van der Waals surface area contributed by atoms with Gasteiger partial charge in [-0.15, -0.1) is 0 Å². The van der Waals surface area contributed by atoms with E-state index >= 15 is 0 Å². The molecule has 0 aromatic carbocycles. The number of aliphatic hydroxyl groups excluding tert-OH is 5. The maximum absolute atomic E-state index is 13.1. The summed E-state index contributed by atoms with van der Waals surface area (Å²) in [6.45, 7) is 5.08. The summed E-state index contributed by atoms with van der Waals surface area (Å²) < 4.78 is 28.0. The molecular weight excluding hydrogens is 504 g/mol. The van der Waals surface area contributed by atoms with E-state index in [1.807, 2.05) is 13.8 Å². The van der Waals surface area contributed by atoms with Crippen molar-refractivity contribution < 1.29 is 58.8 Å². The molecule has 0 aromatic rings. The highest BCUT2D eigenvalue weighted by molar-refractivity contribution is 5.91. The van der Waals surface area contributed by atoms with E-state index in [1.165, 1.54) is 0 Å². The van der Waals surface area contributed by atoms with Crippen LogP contribution in [0.2, 0.25) is 0 Å². The van der Waals surface area contributed by atoms with Crippen LogP contribution in [0.15, 0.2) is 23.5 Å². The number of rotatable bonds is 3. The van der Waals surface area contributed by atoms with Gasteiger partial charge >= 0.3 is 11.9 Å². The smallest absolute Gasteiger partial charge is 0.337 e. The van der Waals surface area contributed by atoms with Crippen LogP contribution >= 0.6 is 0 Å². The zero-order chi connectivity index (χ0) is 27.7. The van der Waals surface area contributed by atoms with Crippen molar-refractivity contribution in [1.29, 1.82) is 0 Å². The molecule has 4 aliphatic rings. The first-order valence-electron chi connectivity index (χ1n) is 13.1. The average Bonchev–Trinajstić information content (AvgIpc) is 3.19. The van der Waals surface area contributed by atoms with Crippen LogP contribution in [0.5, 0.6) is 0 Å². The van der Waals surface area contributed by atoms with E-state index in [2.05, 4.69) is 0 Å². The summed E-state index contributed by atoms with van der Waals surface area (Å²) in [5.41, 5.74) is 0.441. The van der Waals surface area contributed by atoms with Crippen LogP contribution in [0.4, 0.5) is 0 Å². The first-order valence-corrected chi connectivity index (χ1v) is 13.1. The number of hydrogen-bond donors (Lipinski definition) is 5. The molecule has 4 rings (SSSR count). The minimum absolute atomic E-state index is 0.0222. The lowest BCUT2D eigenvalue weighted by atomic mass is 9.86. The predicted molar refractivity (Wildman–Crippen MR) is 128 cm³/mol. The van der Waals surface area contributed by atoms with Crippen molar-refractivity contribution in [3.05, 3.63) is 23.5 Å². The van der Waals surface area contributed by atoms with E-state index in [0.717, 1.165) is 6.26 Å². The summed E-state index contributed by atoms with van der Waals surface area (Å²) in [7, 11) is 0. The van der Waals surface area contributed by atoms with Crippen LogP contribution in [0.25, 0.3) is 0 Å². The fourth-order valence-corrected chi connectivity index (χ4v) is 5.81. The number of ether oxygens (including phenoxy) is 5. The van der Waals surface area contributed by atoms with Gasteiger partial charge in [0.2, 0.25) is 6.29 Å². The van der Waals surface area contributed by atoms with Gasteiger partial charge in [-0.2, -0.15) is 0 Å².